The normalized spacial score (nSPS) is 38.8. The number of sulfonamides is 1. The maximum absolute atomic E-state index is 12.8. The molecule has 0 amide bonds. The summed E-state index contributed by atoms with van der Waals surface area (Å²) in [5.41, 5.74) is 6.84. The molecule has 4 aliphatic carbocycles. The molecule has 0 radical (unpaired) electrons. The molecule has 4 unspecified atom stereocenters. The molecule has 0 heterocycles. The second-order valence-corrected chi connectivity index (χ2v) is 12.7. The van der Waals surface area contributed by atoms with Crippen LogP contribution in [0.5, 0.6) is 0 Å². The molecule has 2 fully saturated rings. The van der Waals surface area contributed by atoms with Gasteiger partial charge in [0.05, 0.1) is 11.0 Å². The standard InChI is InChI=1S/C26H36N2O3S/c1-17-4-7-20(8-5-17)32(30,31)28-27-24-11-10-22-21-9-6-18-16-19(29)12-14-25(18,2)23(21)13-15-26(22,24)3/h4-8,11,19,21-23,27-29H,9-10,12-16H2,1-3H3/t19?,21?,22?,23?,25-,26-/m0/s1. The van der Waals surface area contributed by atoms with Gasteiger partial charge in [0, 0.05) is 11.1 Å². The van der Waals surface area contributed by atoms with Crippen molar-refractivity contribution >= 4 is 10.0 Å². The average molecular weight is 457 g/mol. The number of rotatable bonds is 4. The lowest BCUT2D eigenvalue weighted by Crippen LogP contribution is -2.51. The summed E-state index contributed by atoms with van der Waals surface area (Å²) in [4.78, 5) is 2.91. The highest BCUT2D eigenvalue weighted by molar-refractivity contribution is 7.89. The topological polar surface area (TPSA) is 78.4 Å². The molecule has 1 aromatic carbocycles. The van der Waals surface area contributed by atoms with E-state index < -0.39 is 10.0 Å². The zero-order valence-electron chi connectivity index (χ0n) is 19.4. The number of benzene rings is 1. The molecule has 5 rings (SSSR count). The number of hydrazine groups is 1. The molecule has 6 atom stereocenters. The fourth-order valence-corrected chi connectivity index (χ4v) is 8.16. The monoisotopic (exact) mass is 456 g/mol. The van der Waals surface area contributed by atoms with Crippen LogP contribution < -0.4 is 10.3 Å². The fraction of sp³-hybridized carbons (Fsp3) is 0.615. The molecule has 4 aliphatic rings. The Morgan fingerprint density at radius 3 is 2.44 bits per heavy atom. The molecule has 174 valence electrons. The number of fused-ring (bicyclic) bond motifs is 5. The van der Waals surface area contributed by atoms with Crippen molar-refractivity contribution in [2.45, 2.75) is 76.7 Å². The largest absolute Gasteiger partial charge is 0.393 e. The number of nitrogens with one attached hydrogen (secondary N) is 2. The lowest BCUT2D eigenvalue weighted by Gasteiger charge is -2.57. The molecular weight excluding hydrogens is 420 g/mol. The summed E-state index contributed by atoms with van der Waals surface area (Å²) in [5, 5.41) is 10.2. The summed E-state index contributed by atoms with van der Waals surface area (Å²) in [6.45, 7) is 6.69. The molecule has 2 saturated carbocycles. The molecule has 3 N–H and O–H groups in total. The van der Waals surface area contributed by atoms with E-state index in [1.165, 1.54) is 5.57 Å². The summed E-state index contributed by atoms with van der Waals surface area (Å²) in [6, 6.07) is 6.92. The molecule has 6 heteroatoms. The van der Waals surface area contributed by atoms with Gasteiger partial charge in [0.2, 0.25) is 0 Å². The maximum atomic E-state index is 12.8. The number of allylic oxidation sites excluding steroid dienone is 3. The van der Waals surface area contributed by atoms with Crippen molar-refractivity contribution in [3.05, 3.63) is 53.3 Å². The van der Waals surface area contributed by atoms with E-state index in [0.29, 0.717) is 17.8 Å². The van der Waals surface area contributed by atoms with E-state index in [2.05, 4.69) is 36.3 Å². The summed E-state index contributed by atoms with van der Waals surface area (Å²) in [7, 11) is -3.62. The van der Waals surface area contributed by atoms with Crippen molar-refractivity contribution in [1.29, 1.82) is 0 Å². The number of aliphatic hydroxyl groups is 1. The highest BCUT2D eigenvalue weighted by Gasteiger charge is 2.56. The van der Waals surface area contributed by atoms with Crippen LogP contribution in [0.25, 0.3) is 0 Å². The van der Waals surface area contributed by atoms with Crippen LogP contribution >= 0.6 is 0 Å². The Hall–Kier alpha value is -1.63. The molecule has 0 saturated heterocycles. The maximum Gasteiger partial charge on any atom is 0.257 e. The van der Waals surface area contributed by atoms with Crippen molar-refractivity contribution in [1.82, 2.24) is 10.3 Å². The predicted molar refractivity (Wildman–Crippen MR) is 126 cm³/mol. The highest BCUT2D eigenvalue weighted by Crippen LogP contribution is 2.64. The molecule has 0 aliphatic heterocycles. The smallest absolute Gasteiger partial charge is 0.257 e. The Morgan fingerprint density at radius 2 is 1.69 bits per heavy atom. The Morgan fingerprint density at radius 1 is 0.969 bits per heavy atom. The molecule has 5 nitrogen and oxygen atoms in total. The zero-order valence-corrected chi connectivity index (χ0v) is 20.2. The summed E-state index contributed by atoms with van der Waals surface area (Å²) in [6.07, 6.45) is 11.6. The Balaban J connectivity index is 1.32. The molecule has 0 bridgehead atoms. The number of hydrogen-bond donors (Lipinski definition) is 3. The van der Waals surface area contributed by atoms with Gasteiger partial charge in [-0.2, -0.15) is 0 Å². The number of aryl methyl sites for hydroxylation is 1. The van der Waals surface area contributed by atoms with E-state index in [9.17, 15) is 13.5 Å². The van der Waals surface area contributed by atoms with Gasteiger partial charge >= 0.3 is 0 Å². The summed E-state index contributed by atoms with van der Waals surface area (Å²) >= 11 is 0. The van der Waals surface area contributed by atoms with Gasteiger partial charge in [0.1, 0.15) is 0 Å². The first kappa shape index (κ1) is 22.2. The minimum absolute atomic E-state index is 0.0349. The first-order valence-corrected chi connectivity index (χ1v) is 13.5. The molecular formula is C26H36N2O3S. The van der Waals surface area contributed by atoms with Gasteiger partial charge in [-0.25, -0.2) is 8.42 Å². The van der Waals surface area contributed by atoms with Crippen molar-refractivity contribution in [2.75, 3.05) is 0 Å². The molecule has 1 aromatic rings. The van der Waals surface area contributed by atoms with E-state index in [1.54, 1.807) is 12.1 Å². The molecule has 0 aromatic heterocycles. The molecule has 32 heavy (non-hydrogen) atoms. The van der Waals surface area contributed by atoms with Crippen molar-refractivity contribution in [2.24, 2.45) is 28.6 Å². The van der Waals surface area contributed by atoms with E-state index in [-0.39, 0.29) is 21.8 Å². The Kier molecular flexibility index (Phi) is 5.34. The summed E-state index contributed by atoms with van der Waals surface area (Å²) in [5.74, 6) is 1.79. The minimum atomic E-state index is -3.62. The van der Waals surface area contributed by atoms with Crippen LogP contribution in [-0.2, 0) is 10.0 Å². The lowest BCUT2D eigenvalue weighted by atomic mass is 9.48. The number of hydrogen-bond acceptors (Lipinski definition) is 4. The van der Waals surface area contributed by atoms with E-state index in [0.717, 1.165) is 56.2 Å². The quantitative estimate of drug-likeness (QED) is 0.457. The third-order valence-corrected chi connectivity index (χ3v) is 10.6. The van der Waals surface area contributed by atoms with Crippen molar-refractivity contribution in [3.63, 3.8) is 0 Å². The van der Waals surface area contributed by atoms with Gasteiger partial charge in [0.25, 0.3) is 10.0 Å². The highest BCUT2D eigenvalue weighted by atomic mass is 32.2. The van der Waals surface area contributed by atoms with Crippen LogP contribution in [0.3, 0.4) is 0 Å². The first-order chi connectivity index (χ1) is 15.1. The fourth-order valence-electron chi connectivity index (χ4n) is 7.30. The third kappa shape index (κ3) is 3.46. The lowest BCUT2D eigenvalue weighted by molar-refractivity contribution is -0.0311. The minimum Gasteiger partial charge on any atom is -0.393 e. The predicted octanol–water partition coefficient (Wildman–Crippen LogP) is 4.60. The van der Waals surface area contributed by atoms with Gasteiger partial charge in [0.15, 0.2) is 0 Å². The van der Waals surface area contributed by atoms with Gasteiger partial charge in [-0.3, -0.25) is 0 Å². The van der Waals surface area contributed by atoms with Gasteiger partial charge in [-0.1, -0.05) is 49.3 Å². The van der Waals surface area contributed by atoms with Crippen LogP contribution in [0.4, 0.5) is 0 Å². The Bertz CT molecular complexity index is 1060. The van der Waals surface area contributed by atoms with Crippen LogP contribution in [0.2, 0.25) is 0 Å². The second-order valence-electron chi connectivity index (χ2n) is 11.0. The van der Waals surface area contributed by atoms with Gasteiger partial charge < -0.3 is 10.5 Å². The second kappa shape index (κ2) is 7.71. The molecule has 0 spiro atoms. The van der Waals surface area contributed by atoms with E-state index in [1.807, 2.05) is 19.1 Å². The first-order valence-electron chi connectivity index (χ1n) is 12.1. The van der Waals surface area contributed by atoms with Gasteiger partial charge in [-0.15, -0.1) is 4.83 Å². The Labute approximate surface area is 192 Å². The van der Waals surface area contributed by atoms with E-state index >= 15 is 0 Å². The number of aliphatic hydroxyl groups excluding tert-OH is 1. The SMILES string of the molecule is Cc1ccc(S(=O)(=O)NNC2=CCC3C4CC=C5CC(O)CC[C@]5(C)C4CC[C@]23C)cc1. The van der Waals surface area contributed by atoms with Crippen molar-refractivity contribution < 1.29 is 13.5 Å². The van der Waals surface area contributed by atoms with Crippen LogP contribution in [0, 0.1) is 35.5 Å². The summed E-state index contributed by atoms with van der Waals surface area (Å²) < 4.78 is 25.6. The van der Waals surface area contributed by atoms with Crippen LogP contribution in [0.15, 0.2) is 52.6 Å². The van der Waals surface area contributed by atoms with E-state index in [4.69, 9.17) is 0 Å². The van der Waals surface area contributed by atoms with Crippen LogP contribution in [0.1, 0.15) is 64.4 Å². The third-order valence-electron chi connectivity index (χ3n) is 9.31. The zero-order chi connectivity index (χ0) is 22.7. The van der Waals surface area contributed by atoms with Gasteiger partial charge in [-0.05, 0) is 87.2 Å². The van der Waals surface area contributed by atoms with Crippen molar-refractivity contribution in [3.8, 4) is 0 Å². The van der Waals surface area contributed by atoms with Crippen LogP contribution in [-0.4, -0.2) is 19.6 Å². The average Bonchev–Trinajstić information content (AvgIpc) is 3.09.